The summed E-state index contributed by atoms with van der Waals surface area (Å²) in [5, 5.41) is 12.8. The van der Waals surface area contributed by atoms with Gasteiger partial charge < -0.3 is 10.4 Å². The number of alkyl halides is 2. The number of rotatable bonds is 5. The van der Waals surface area contributed by atoms with Crippen LogP contribution < -0.4 is 5.32 Å². The Morgan fingerprint density at radius 1 is 1.40 bits per heavy atom. The predicted molar refractivity (Wildman–Crippen MR) is 75.0 cm³/mol. The zero-order valence-electron chi connectivity index (χ0n) is 10.9. The molecule has 1 fully saturated rings. The van der Waals surface area contributed by atoms with E-state index in [0.717, 1.165) is 12.8 Å². The van der Waals surface area contributed by atoms with Gasteiger partial charge in [-0.15, -0.1) is 0 Å². The van der Waals surface area contributed by atoms with Crippen molar-refractivity contribution < 1.29 is 18.7 Å². The van der Waals surface area contributed by atoms with Crippen LogP contribution in [0.1, 0.15) is 32.1 Å². The van der Waals surface area contributed by atoms with Crippen molar-refractivity contribution in [1.82, 2.24) is 0 Å². The first kappa shape index (κ1) is 15.3. The molecular formula is C14H17F2NO2S. The minimum absolute atomic E-state index is 0.0548. The van der Waals surface area contributed by atoms with Crippen molar-refractivity contribution in [2.75, 3.05) is 5.32 Å². The standard InChI is InChI=1S/C14H17F2NO2S/c15-13(16)20-11-5-3-4-10(8-11)17-12(18)9-14(19)6-1-2-7-14/h3-5,8,13,19H,1-2,6-7,9H2,(H,17,18). The number of carbonyl (C=O) groups is 1. The van der Waals surface area contributed by atoms with E-state index < -0.39 is 11.4 Å². The number of nitrogens with one attached hydrogen (secondary N) is 1. The van der Waals surface area contributed by atoms with Crippen LogP contribution in [0.3, 0.4) is 0 Å². The molecule has 2 rings (SSSR count). The summed E-state index contributed by atoms with van der Waals surface area (Å²) in [6.07, 6.45) is 3.21. The third-order valence-corrected chi connectivity index (χ3v) is 4.07. The molecule has 6 heteroatoms. The van der Waals surface area contributed by atoms with Crippen molar-refractivity contribution in [3.8, 4) is 0 Å². The summed E-state index contributed by atoms with van der Waals surface area (Å²) in [6, 6.07) is 6.33. The fourth-order valence-electron chi connectivity index (χ4n) is 2.46. The largest absolute Gasteiger partial charge is 0.389 e. The lowest BCUT2D eigenvalue weighted by Crippen LogP contribution is -2.30. The number of amides is 1. The van der Waals surface area contributed by atoms with E-state index in [1.54, 1.807) is 18.2 Å². The van der Waals surface area contributed by atoms with Crippen molar-refractivity contribution in [1.29, 1.82) is 0 Å². The molecule has 3 nitrogen and oxygen atoms in total. The summed E-state index contributed by atoms with van der Waals surface area (Å²) in [5.74, 6) is -2.77. The highest BCUT2D eigenvalue weighted by atomic mass is 32.2. The highest BCUT2D eigenvalue weighted by molar-refractivity contribution is 7.99. The van der Waals surface area contributed by atoms with Gasteiger partial charge in [-0.1, -0.05) is 30.7 Å². The van der Waals surface area contributed by atoms with Gasteiger partial charge in [0.05, 0.1) is 12.0 Å². The van der Waals surface area contributed by atoms with Crippen molar-refractivity contribution in [3.05, 3.63) is 24.3 Å². The van der Waals surface area contributed by atoms with Crippen LogP contribution in [-0.4, -0.2) is 22.4 Å². The Kier molecular flexibility index (Phi) is 4.99. The normalized spacial score (nSPS) is 17.4. The maximum absolute atomic E-state index is 12.3. The first-order valence-electron chi connectivity index (χ1n) is 6.54. The van der Waals surface area contributed by atoms with E-state index in [2.05, 4.69) is 5.32 Å². The minimum atomic E-state index is -2.49. The maximum atomic E-state index is 12.3. The molecule has 0 aliphatic heterocycles. The van der Waals surface area contributed by atoms with Gasteiger partial charge in [-0.25, -0.2) is 0 Å². The van der Waals surface area contributed by atoms with Gasteiger partial charge in [0.1, 0.15) is 0 Å². The zero-order valence-corrected chi connectivity index (χ0v) is 11.8. The van der Waals surface area contributed by atoms with E-state index >= 15 is 0 Å². The molecule has 1 aliphatic carbocycles. The molecule has 20 heavy (non-hydrogen) atoms. The number of aliphatic hydroxyl groups is 1. The lowest BCUT2D eigenvalue weighted by atomic mass is 9.97. The SMILES string of the molecule is O=C(CC1(O)CCCC1)Nc1cccc(SC(F)F)c1. The average Bonchev–Trinajstić information content (AvgIpc) is 2.74. The number of thioether (sulfide) groups is 1. The number of carbonyl (C=O) groups excluding carboxylic acids is 1. The molecule has 1 amide bonds. The number of halogens is 2. The van der Waals surface area contributed by atoms with Crippen LogP contribution in [0, 0.1) is 0 Å². The number of anilines is 1. The Bertz CT molecular complexity index is 476. The van der Waals surface area contributed by atoms with Crippen molar-refractivity contribution in [3.63, 3.8) is 0 Å². The third-order valence-electron chi connectivity index (χ3n) is 3.37. The van der Waals surface area contributed by atoms with Crippen molar-refractivity contribution in [2.24, 2.45) is 0 Å². The van der Waals surface area contributed by atoms with Crippen LogP contribution in [-0.2, 0) is 4.79 Å². The number of benzene rings is 1. The summed E-state index contributed by atoms with van der Waals surface area (Å²) < 4.78 is 24.6. The van der Waals surface area contributed by atoms with Crippen LogP contribution in [0.15, 0.2) is 29.2 Å². The third kappa shape index (κ3) is 4.45. The van der Waals surface area contributed by atoms with Crippen LogP contribution in [0.2, 0.25) is 0 Å². The molecule has 0 aromatic heterocycles. The summed E-state index contributed by atoms with van der Waals surface area (Å²) in [4.78, 5) is 12.3. The molecule has 0 radical (unpaired) electrons. The highest BCUT2D eigenvalue weighted by Crippen LogP contribution is 2.33. The second-order valence-electron chi connectivity index (χ2n) is 5.06. The molecule has 1 aromatic carbocycles. The Balaban J connectivity index is 1.93. The van der Waals surface area contributed by atoms with E-state index in [0.29, 0.717) is 35.2 Å². The molecule has 1 aliphatic rings. The first-order valence-corrected chi connectivity index (χ1v) is 7.42. The van der Waals surface area contributed by atoms with E-state index in [9.17, 15) is 18.7 Å². The molecule has 0 heterocycles. The van der Waals surface area contributed by atoms with E-state index in [1.807, 2.05) is 0 Å². The van der Waals surface area contributed by atoms with Crippen molar-refractivity contribution in [2.45, 2.75) is 48.4 Å². The Morgan fingerprint density at radius 3 is 2.75 bits per heavy atom. The highest BCUT2D eigenvalue weighted by Gasteiger charge is 2.33. The summed E-state index contributed by atoms with van der Waals surface area (Å²) >= 11 is 0.438. The van der Waals surface area contributed by atoms with Gasteiger partial charge in [0.25, 0.3) is 5.76 Å². The summed E-state index contributed by atoms with van der Waals surface area (Å²) in [6.45, 7) is 0. The monoisotopic (exact) mass is 301 g/mol. The number of hydrogen-bond donors (Lipinski definition) is 2. The topological polar surface area (TPSA) is 49.3 Å². The molecular weight excluding hydrogens is 284 g/mol. The molecule has 0 bridgehead atoms. The Morgan fingerprint density at radius 2 is 2.10 bits per heavy atom. The molecule has 2 N–H and O–H groups in total. The van der Waals surface area contributed by atoms with Crippen molar-refractivity contribution >= 4 is 23.4 Å². The summed E-state index contributed by atoms with van der Waals surface area (Å²) in [7, 11) is 0. The van der Waals surface area contributed by atoms with Crippen LogP contribution in [0.5, 0.6) is 0 Å². The molecule has 110 valence electrons. The summed E-state index contributed by atoms with van der Waals surface area (Å²) in [5.41, 5.74) is -0.429. The molecule has 0 spiro atoms. The molecule has 1 aromatic rings. The second-order valence-corrected chi connectivity index (χ2v) is 6.13. The van der Waals surface area contributed by atoms with Crippen LogP contribution in [0.25, 0.3) is 0 Å². The Hall–Kier alpha value is -1.14. The molecule has 0 saturated heterocycles. The maximum Gasteiger partial charge on any atom is 0.288 e. The average molecular weight is 301 g/mol. The fraction of sp³-hybridized carbons (Fsp3) is 0.500. The number of hydrogen-bond acceptors (Lipinski definition) is 3. The Labute approximate surface area is 120 Å². The van der Waals surface area contributed by atoms with Crippen LogP contribution >= 0.6 is 11.8 Å². The van der Waals surface area contributed by atoms with E-state index in [-0.39, 0.29) is 12.3 Å². The van der Waals surface area contributed by atoms with Gasteiger partial charge in [-0.2, -0.15) is 8.78 Å². The quantitative estimate of drug-likeness (QED) is 0.816. The van der Waals surface area contributed by atoms with Gasteiger partial charge in [-0.3, -0.25) is 4.79 Å². The van der Waals surface area contributed by atoms with Gasteiger partial charge in [0.15, 0.2) is 0 Å². The fourth-order valence-corrected chi connectivity index (χ4v) is 3.02. The van der Waals surface area contributed by atoms with Gasteiger partial charge in [0.2, 0.25) is 5.91 Å². The minimum Gasteiger partial charge on any atom is -0.389 e. The van der Waals surface area contributed by atoms with E-state index in [4.69, 9.17) is 0 Å². The van der Waals surface area contributed by atoms with E-state index in [1.165, 1.54) is 6.07 Å². The molecule has 0 atom stereocenters. The molecule has 1 saturated carbocycles. The lowest BCUT2D eigenvalue weighted by molar-refractivity contribution is -0.120. The van der Waals surface area contributed by atoms with Gasteiger partial charge in [0, 0.05) is 10.6 Å². The first-order chi connectivity index (χ1) is 9.47. The lowest BCUT2D eigenvalue weighted by Gasteiger charge is -2.21. The predicted octanol–water partition coefficient (Wildman–Crippen LogP) is 3.64. The van der Waals surface area contributed by atoms with Crippen LogP contribution in [0.4, 0.5) is 14.5 Å². The van der Waals surface area contributed by atoms with Gasteiger partial charge >= 0.3 is 0 Å². The second kappa shape index (κ2) is 6.54. The smallest absolute Gasteiger partial charge is 0.288 e. The zero-order chi connectivity index (χ0) is 14.6. The molecule has 0 unspecified atom stereocenters. The van der Waals surface area contributed by atoms with Gasteiger partial charge in [-0.05, 0) is 31.0 Å².